The number of aromatic nitrogens is 3. The van der Waals surface area contributed by atoms with Gasteiger partial charge in [-0.3, -0.25) is 4.98 Å². The Morgan fingerprint density at radius 1 is 0.765 bits per heavy atom. The quantitative estimate of drug-likeness (QED) is 0.666. The van der Waals surface area contributed by atoms with Crippen LogP contribution in [0.4, 0.5) is 0 Å². The molecule has 0 atom stereocenters. The lowest BCUT2D eigenvalue weighted by Gasteiger charge is -2.06. The van der Waals surface area contributed by atoms with Crippen molar-refractivity contribution in [2.75, 3.05) is 0 Å². The molecule has 0 aliphatic carbocycles. The highest BCUT2D eigenvalue weighted by Crippen LogP contribution is 2.19. The van der Waals surface area contributed by atoms with E-state index in [1.54, 1.807) is 12.4 Å². The van der Waals surface area contributed by atoms with E-state index in [0.29, 0.717) is 0 Å². The van der Waals surface area contributed by atoms with Crippen molar-refractivity contribution in [1.82, 2.24) is 14.8 Å². The van der Waals surface area contributed by atoms with Gasteiger partial charge in [0.1, 0.15) is 0 Å². The molecule has 0 N–H and O–H groups in total. The van der Waals surface area contributed by atoms with Crippen LogP contribution < -0.4 is 0 Å². The summed E-state index contributed by atoms with van der Waals surface area (Å²) in [5, 5.41) is 4.34. The van der Waals surface area contributed by atoms with Crippen LogP contribution in [0.15, 0.2) is 67.0 Å². The third-order valence-corrected chi connectivity index (χ3v) is 2.57. The second-order valence-corrected chi connectivity index (χ2v) is 3.68. The highest BCUT2D eigenvalue weighted by Gasteiger charge is 2.06. The van der Waals surface area contributed by atoms with E-state index in [-0.39, 0.29) is 0 Å². The SMILES string of the molecule is c1ccc(-n2nccc2-c2ccccn2)cc1. The number of rotatable bonds is 2. The van der Waals surface area contributed by atoms with Crippen molar-refractivity contribution >= 4 is 0 Å². The minimum atomic E-state index is 0.925. The Balaban J connectivity index is 2.13. The summed E-state index contributed by atoms with van der Waals surface area (Å²) in [5.41, 5.74) is 2.96. The summed E-state index contributed by atoms with van der Waals surface area (Å²) >= 11 is 0. The minimum absolute atomic E-state index is 0.925. The molecule has 3 rings (SSSR count). The largest absolute Gasteiger partial charge is 0.255 e. The topological polar surface area (TPSA) is 30.7 Å². The van der Waals surface area contributed by atoms with Crippen molar-refractivity contribution in [3.8, 4) is 17.1 Å². The minimum Gasteiger partial charge on any atom is -0.255 e. The molecule has 0 aliphatic rings. The molecule has 3 aromatic rings. The number of hydrogen-bond donors (Lipinski definition) is 0. The molecule has 2 heterocycles. The van der Waals surface area contributed by atoms with Crippen LogP contribution in [-0.2, 0) is 0 Å². The molecule has 3 heteroatoms. The van der Waals surface area contributed by atoms with Crippen molar-refractivity contribution in [3.63, 3.8) is 0 Å². The maximum atomic E-state index is 4.35. The fraction of sp³-hybridized carbons (Fsp3) is 0. The molecule has 0 bridgehead atoms. The molecular formula is C14H11N3. The van der Waals surface area contributed by atoms with Crippen LogP contribution in [0.2, 0.25) is 0 Å². The van der Waals surface area contributed by atoms with Gasteiger partial charge in [-0.05, 0) is 30.3 Å². The molecule has 0 amide bonds. The molecule has 0 saturated carbocycles. The van der Waals surface area contributed by atoms with Gasteiger partial charge in [0.2, 0.25) is 0 Å². The summed E-state index contributed by atoms with van der Waals surface area (Å²) in [6.45, 7) is 0. The Kier molecular flexibility index (Phi) is 2.43. The summed E-state index contributed by atoms with van der Waals surface area (Å²) < 4.78 is 1.89. The van der Waals surface area contributed by atoms with E-state index in [0.717, 1.165) is 17.1 Å². The van der Waals surface area contributed by atoms with Crippen LogP contribution in [0, 0.1) is 0 Å². The van der Waals surface area contributed by atoms with Gasteiger partial charge in [0, 0.05) is 6.20 Å². The summed E-state index contributed by atoms with van der Waals surface area (Å²) in [6.07, 6.45) is 3.58. The Hall–Kier alpha value is -2.42. The average molecular weight is 221 g/mol. The van der Waals surface area contributed by atoms with Gasteiger partial charge in [0.05, 0.1) is 23.3 Å². The zero-order valence-corrected chi connectivity index (χ0v) is 9.19. The van der Waals surface area contributed by atoms with Crippen LogP contribution in [0.1, 0.15) is 0 Å². The number of pyridine rings is 1. The highest BCUT2D eigenvalue weighted by molar-refractivity contribution is 5.57. The second-order valence-electron chi connectivity index (χ2n) is 3.68. The van der Waals surface area contributed by atoms with Gasteiger partial charge < -0.3 is 0 Å². The van der Waals surface area contributed by atoms with Gasteiger partial charge in [-0.25, -0.2) is 4.68 Å². The van der Waals surface area contributed by atoms with Crippen molar-refractivity contribution in [2.45, 2.75) is 0 Å². The van der Waals surface area contributed by atoms with E-state index in [4.69, 9.17) is 0 Å². The van der Waals surface area contributed by atoms with Gasteiger partial charge in [0.15, 0.2) is 0 Å². The van der Waals surface area contributed by atoms with E-state index in [2.05, 4.69) is 10.1 Å². The summed E-state index contributed by atoms with van der Waals surface area (Å²) in [6, 6.07) is 17.9. The van der Waals surface area contributed by atoms with E-state index >= 15 is 0 Å². The van der Waals surface area contributed by atoms with Crippen LogP contribution in [0.3, 0.4) is 0 Å². The van der Waals surface area contributed by atoms with E-state index in [1.165, 1.54) is 0 Å². The first-order valence-corrected chi connectivity index (χ1v) is 5.46. The molecule has 1 aromatic carbocycles. The van der Waals surface area contributed by atoms with Crippen LogP contribution >= 0.6 is 0 Å². The van der Waals surface area contributed by atoms with Crippen molar-refractivity contribution < 1.29 is 0 Å². The maximum absolute atomic E-state index is 4.35. The predicted octanol–water partition coefficient (Wildman–Crippen LogP) is 2.93. The van der Waals surface area contributed by atoms with Gasteiger partial charge in [0.25, 0.3) is 0 Å². The first-order valence-electron chi connectivity index (χ1n) is 5.46. The Morgan fingerprint density at radius 3 is 2.35 bits per heavy atom. The first-order chi connectivity index (χ1) is 8.45. The monoisotopic (exact) mass is 221 g/mol. The average Bonchev–Trinajstić information content (AvgIpc) is 2.90. The van der Waals surface area contributed by atoms with Crippen molar-refractivity contribution in [3.05, 3.63) is 67.0 Å². The number of benzene rings is 1. The fourth-order valence-electron chi connectivity index (χ4n) is 1.79. The second kappa shape index (κ2) is 4.22. The molecule has 0 spiro atoms. The fourth-order valence-corrected chi connectivity index (χ4v) is 1.79. The predicted molar refractivity (Wildman–Crippen MR) is 66.8 cm³/mol. The lowest BCUT2D eigenvalue weighted by Crippen LogP contribution is -1.99. The lowest BCUT2D eigenvalue weighted by molar-refractivity contribution is 0.884. The highest BCUT2D eigenvalue weighted by atomic mass is 15.3. The van der Waals surface area contributed by atoms with Gasteiger partial charge in [-0.2, -0.15) is 5.10 Å². The van der Waals surface area contributed by atoms with E-state index < -0.39 is 0 Å². The molecule has 2 aromatic heterocycles. The van der Waals surface area contributed by atoms with Crippen LogP contribution in [0.25, 0.3) is 17.1 Å². The molecule has 17 heavy (non-hydrogen) atoms. The third-order valence-electron chi connectivity index (χ3n) is 2.57. The standard InChI is InChI=1S/C14H11N3/c1-2-6-12(7-3-1)17-14(9-11-16-17)13-8-4-5-10-15-13/h1-11H. The molecule has 82 valence electrons. The number of hydrogen-bond acceptors (Lipinski definition) is 2. The lowest BCUT2D eigenvalue weighted by atomic mass is 10.2. The zero-order chi connectivity index (χ0) is 11.5. The zero-order valence-electron chi connectivity index (χ0n) is 9.19. The molecule has 0 aliphatic heterocycles. The smallest absolute Gasteiger partial charge is 0.0925 e. The Bertz CT molecular complexity index is 546. The Morgan fingerprint density at radius 2 is 1.59 bits per heavy atom. The summed E-state index contributed by atoms with van der Waals surface area (Å²) in [4.78, 5) is 4.35. The summed E-state index contributed by atoms with van der Waals surface area (Å²) in [5.74, 6) is 0. The van der Waals surface area contributed by atoms with E-state index in [9.17, 15) is 0 Å². The number of para-hydroxylation sites is 1. The van der Waals surface area contributed by atoms with Crippen LogP contribution in [0.5, 0.6) is 0 Å². The van der Waals surface area contributed by atoms with Crippen molar-refractivity contribution in [1.29, 1.82) is 0 Å². The van der Waals surface area contributed by atoms with E-state index in [1.807, 2.05) is 59.3 Å². The molecule has 0 radical (unpaired) electrons. The summed E-state index contributed by atoms with van der Waals surface area (Å²) in [7, 11) is 0. The van der Waals surface area contributed by atoms with Gasteiger partial charge in [-0.1, -0.05) is 24.3 Å². The third kappa shape index (κ3) is 1.83. The normalized spacial score (nSPS) is 10.4. The Labute approximate surface area is 99.4 Å². The molecule has 0 unspecified atom stereocenters. The molecule has 0 fully saturated rings. The van der Waals surface area contributed by atoms with Gasteiger partial charge in [-0.15, -0.1) is 0 Å². The van der Waals surface area contributed by atoms with Crippen LogP contribution in [-0.4, -0.2) is 14.8 Å². The van der Waals surface area contributed by atoms with Gasteiger partial charge >= 0.3 is 0 Å². The van der Waals surface area contributed by atoms with Crippen molar-refractivity contribution in [2.24, 2.45) is 0 Å². The molecule has 3 nitrogen and oxygen atoms in total. The maximum Gasteiger partial charge on any atom is 0.0925 e. The molecule has 0 saturated heterocycles. The molecular weight excluding hydrogens is 210 g/mol. The first kappa shape index (κ1) is 9.78. The number of nitrogens with zero attached hydrogens (tertiary/aromatic N) is 3.